The molecule has 8 heteroatoms. The number of aromatic nitrogens is 2. The Labute approximate surface area is 184 Å². The van der Waals surface area contributed by atoms with Gasteiger partial charge in [0.05, 0.1) is 18.0 Å². The summed E-state index contributed by atoms with van der Waals surface area (Å²) in [5.74, 6) is -1.90. The molecule has 0 aliphatic heterocycles. The van der Waals surface area contributed by atoms with E-state index in [9.17, 15) is 18.4 Å². The fourth-order valence-corrected chi connectivity index (χ4v) is 3.32. The van der Waals surface area contributed by atoms with Crippen molar-refractivity contribution in [1.82, 2.24) is 15.1 Å². The average molecular weight is 439 g/mol. The maximum atomic E-state index is 13.3. The van der Waals surface area contributed by atoms with Gasteiger partial charge in [-0.1, -0.05) is 12.1 Å². The quantitative estimate of drug-likeness (QED) is 0.442. The van der Waals surface area contributed by atoms with Crippen molar-refractivity contribution in [2.45, 2.75) is 26.8 Å². The van der Waals surface area contributed by atoms with Gasteiger partial charge in [0.15, 0.2) is 6.04 Å². The number of carbonyl (C=O) groups is 2. The van der Waals surface area contributed by atoms with Gasteiger partial charge >= 0.3 is 5.97 Å². The van der Waals surface area contributed by atoms with Crippen LogP contribution in [0.4, 0.5) is 8.78 Å². The third-order valence-corrected chi connectivity index (χ3v) is 4.81. The largest absolute Gasteiger partial charge is 0.464 e. The van der Waals surface area contributed by atoms with Crippen LogP contribution in [0, 0.1) is 25.5 Å². The average Bonchev–Trinajstić information content (AvgIpc) is 3.06. The van der Waals surface area contributed by atoms with E-state index in [0.717, 1.165) is 0 Å². The summed E-state index contributed by atoms with van der Waals surface area (Å²) in [5.41, 5.74) is 2.87. The van der Waals surface area contributed by atoms with E-state index >= 15 is 0 Å². The Hall–Kier alpha value is -3.81. The number of nitrogens with zero attached hydrogens (tertiary/aromatic N) is 2. The number of halogens is 2. The van der Waals surface area contributed by atoms with Gasteiger partial charge in [-0.05, 0) is 68.8 Å². The minimum absolute atomic E-state index is 0.140. The first-order chi connectivity index (χ1) is 15.3. The van der Waals surface area contributed by atoms with Crippen LogP contribution in [0.15, 0.2) is 54.6 Å². The topological polar surface area (TPSA) is 73.2 Å². The van der Waals surface area contributed by atoms with Gasteiger partial charge in [0, 0.05) is 17.3 Å². The zero-order valence-electron chi connectivity index (χ0n) is 17.9. The molecule has 0 spiro atoms. The van der Waals surface area contributed by atoms with Crippen LogP contribution in [-0.2, 0) is 14.3 Å². The molecular formula is C24H23F2N3O3. The summed E-state index contributed by atoms with van der Waals surface area (Å²) in [7, 11) is 0. The summed E-state index contributed by atoms with van der Waals surface area (Å²) in [6, 6.07) is 10.3. The van der Waals surface area contributed by atoms with Crippen molar-refractivity contribution in [1.29, 1.82) is 0 Å². The molecule has 0 aliphatic carbocycles. The van der Waals surface area contributed by atoms with Crippen molar-refractivity contribution in [2.24, 2.45) is 0 Å². The molecule has 0 radical (unpaired) electrons. The van der Waals surface area contributed by atoms with Gasteiger partial charge in [0.1, 0.15) is 11.6 Å². The van der Waals surface area contributed by atoms with E-state index in [1.54, 1.807) is 37.6 Å². The lowest BCUT2D eigenvalue weighted by Gasteiger charge is -2.17. The number of amides is 1. The number of hydrogen-bond donors (Lipinski definition) is 1. The summed E-state index contributed by atoms with van der Waals surface area (Å²) in [6.45, 7) is 5.29. The molecular weight excluding hydrogens is 416 g/mol. The minimum atomic E-state index is -1.09. The van der Waals surface area contributed by atoms with Crippen LogP contribution in [0.25, 0.3) is 11.8 Å². The standard InChI is InChI=1S/C24H23F2N3O3/c1-4-32-24(31)23(27-21(30)14-7-17-5-8-18(25)9-6-17)22-15(2)28-29(16(22)3)20-12-10-19(26)11-13-20/h5-14,23H,4H2,1-3H3,(H,27,30)/b14-7-/t23-/m1/s1. The van der Waals surface area contributed by atoms with E-state index in [2.05, 4.69) is 10.4 Å². The third-order valence-electron chi connectivity index (χ3n) is 4.81. The normalized spacial score (nSPS) is 12.0. The second-order valence-corrected chi connectivity index (χ2v) is 7.05. The predicted molar refractivity (Wildman–Crippen MR) is 116 cm³/mol. The van der Waals surface area contributed by atoms with E-state index in [4.69, 9.17) is 4.74 Å². The fourth-order valence-electron chi connectivity index (χ4n) is 3.32. The van der Waals surface area contributed by atoms with Gasteiger partial charge in [-0.25, -0.2) is 18.3 Å². The first-order valence-corrected chi connectivity index (χ1v) is 10.0. The lowest BCUT2D eigenvalue weighted by molar-refractivity contribution is -0.147. The van der Waals surface area contributed by atoms with Crippen molar-refractivity contribution in [2.75, 3.05) is 6.61 Å². The van der Waals surface area contributed by atoms with Crippen molar-refractivity contribution < 1.29 is 23.1 Å². The molecule has 32 heavy (non-hydrogen) atoms. The number of aryl methyl sites for hydroxylation is 1. The number of benzene rings is 2. The molecule has 3 rings (SSSR count). The Morgan fingerprint density at radius 2 is 1.66 bits per heavy atom. The Morgan fingerprint density at radius 1 is 1.06 bits per heavy atom. The molecule has 2 aromatic carbocycles. The summed E-state index contributed by atoms with van der Waals surface area (Å²) < 4.78 is 33.1. The Kier molecular flexibility index (Phi) is 7.14. The molecule has 166 valence electrons. The van der Waals surface area contributed by atoms with Crippen LogP contribution in [0.1, 0.15) is 35.5 Å². The molecule has 1 N–H and O–H groups in total. The highest BCUT2D eigenvalue weighted by Gasteiger charge is 2.30. The van der Waals surface area contributed by atoms with Crippen LogP contribution in [0.3, 0.4) is 0 Å². The molecule has 1 aromatic heterocycles. The van der Waals surface area contributed by atoms with Crippen molar-refractivity contribution in [3.8, 4) is 5.69 Å². The first kappa shape index (κ1) is 22.9. The van der Waals surface area contributed by atoms with Crippen LogP contribution in [-0.4, -0.2) is 28.3 Å². The van der Waals surface area contributed by atoms with E-state index in [-0.39, 0.29) is 18.2 Å². The highest BCUT2D eigenvalue weighted by atomic mass is 19.1. The smallest absolute Gasteiger partial charge is 0.333 e. The first-order valence-electron chi connectivity index (χ1n) is 10.0. The van der Waals surface area contributed by atoms with Crippen LogP contribution in [0.2, 0.25) is 0 Å². The molecule has 0 bridgehead atoms. The summed E-state index contributed by atoms with van der Waals surface area (Å²) in [6.07, 6.45) is 2.77. The molecule has 6 nitrogen and oxygen atoms in total. The van der Waals surface area contributed by atoms with Gasteiger partial charge in [0.2, 0.25) is 5.91 Å². The number of rotatable bonds is 7. The zero-order chi connectivity index (χ0) is 23.3. The molecule has 3 aromatic rings. The molecule has 0 saturated carbocycles. The summed E-state index contributed by atoms with van der Waals surface area (Å²) in [5, 5.41) is 7.13. The van der Waals surface area contributed by atoms with E-state index in [0.29, 0.717) is 28.2 Å². The number of ether oxygens (including phenoxy) is 1. The monoisotopic (exact) mass is 439 g/mol. The molecule has 1 amide bonds. The minimum Gasteiger partial charge on any atom is -0.464 e. The Balaban J connectivity index is 1.90. The van der Waals surface area contributed by atoms with Crippen molar-refractivity contribution >= 4 is 18.0 Å². The molecule has 0 aliphatic rings. The second kappa shape index (κ2) is 10.00. The van der Waals surface area contributed by atoms with Crippen molar-refractivity contribution in [3.05, 3.63) is 88.8 Å². The highest BCUT2D eigenvalue weighted by Crippen LogP contribution is 2.25. The molecule has 1 atom stereocenters. The van der Waals surface area contributed by atoms with Crippen molar-refractivity contribution in [3.63, 3.8) is 0 Å². The van der Waals surface area contributed by atoms with Gasteiger partial charge in [0.25, 0.3) is 0 Å². The SMILES string of the molecule is CCOC(=O)[C@H](NC(=O)/C=C\c1ccc(F)cc1)c1c(C)nn(-c2ccc(F)cc2)c1C. The van der Waals surface area contributed by atoms with Gasteiger partial charge in [-0.2, -0.15) is 5.10 Å². The molecule has 0 saturated heterocycles. The molecule has 0 unspecified atom stereocenters. The second-order valence-electron chi connectivity index (χ2n) is 7.05. The summed E-state index contributed by atoms with van der Waals surface area (Å²) in [4.78, 5) is 25.3. The van der Waals surface area contributed by atoms with Crippen LogP contribution >= 0.6 is 0 Å². The zero-order valence-corrected chi connectivity index (χ0v) is 17.9. The number of carbonyl (C=O) groups excluding carboxylic acids is 2. The number of esters is 1. The number of hydrogen-bond acceptors (Lipinski definition) is 4. The molecule has 0 fully saturated rings. The molecule has 1 heterocycles. The van der Waals surface area contributed by atoms with Crippen LogP contribution in [0.5, 0.6) is 0 Å². The number of nitrogens with one attached hydrogen (secondary N) is 1. The third kappa shape index (κ3) is 5.26. The lowest BCUT2D eigenvalue weighted by Crippen LogP contribution is -2.34. The summed E-state index contributed by atoms with van der Waals surface area (Å²) >= 11 is 0. The maximum Gasteiger partial charge on any atom is 0.333 e. The van der Waals surface area contributed by atoms with Gasteiger partial charge < -0.3 is 10.1 Å². The van der Waals surface area contributed by atoms with E-state index < -0.39 is 17.9 Å². The van der Waals surface area contributed by atoms with Gasteiger partial charge in [-0.15, -0.1) is 0 Å². The maximum absolute atomic E-state index is 13.3. The van der Waals surface area contributed by atoms with Crippen LogP contribution < -0.4 is 5.32 Å². The fraction of sp³-hybridized carbons (Fsp3) is 0.208. The highest BCUT2D eigenvalue weighted by molar-refractivity contribution is 5.95. The van der Waals surface area contributed by atoms with E-state index in [1.165, 1.54) is 48.6 Å². The Bertz CT molecular complexity index is 1140. The van der Waals surface area contributed by atoms with E-state index in [1.807, 2.05) is 0 Å². The lowest BCUT2D eigenvalue weighted by atomic mass is 10.0. The Morgan fingerprint density at radius 3 is 2.25 bits per heavy atom. The van der Waals surface area contributed by atoms with Gasteiger partial charge in [-0.3, -0.25) is 4.79 Å². The predicted octanol–water partition coefficient (Wildman–Crippen LogP) is 4.20.